The van der Waals surface area contributed by atoms with Gasteiger partial charge in [0.2, 0.25) is 0 Å². The van der Waals surface area contributed by atoms with Gasteiger partial charge in [0, 0.05) is 11.8 Å². The largest absolute Gasteiger partial charge is 0.449 e. The Hall–Kier alpha value is -2.87. The number of aryl methyl sites for hydroxylation is 3. The Morgan fingerprint density at radius 1 is 1.14 bits per heavy atom. The summed E-state index contributed by atoms with van der Waals surface area (Å²) in [4.78, 5) is 35.8. The molecule has 0 saturated carbocycles. The summed E-state index contributed by atoms with van der Waals surface area (Å²) in [7, 11) is 0. The van der Waals surface area contributed by atoms with Crippen molar-refractivity contribution in [1.29, 1.82) is 0 Å². The Morgan fingerprint density at radius 3 is 2.29 bits per heavy atom. The van der Waals surface area contributed by atoms with E-state index in [1.807, 2.05) is 32.9 Å². The number of hydrogen-bond acceptors (Lipinski definition) is 6. The zero-order chi connectivity index (χ0) is 21.0. The number of nitrogens with zero attached hydrogens (tertiary/aromatic N) is 1. The van der Waals surface area contributed by atoms with E-state index in [0.717, 1.165) is 22.8 Å². The standard InChI is InChI=1S/C20H22N2O5S/c1-11-8-12(2)18(13(3)9-11)21-19(23)14(4)27-20(24)15-6-7-17(28-5)16(10-15)22(25)26/h6-10,14H,1-5H3,(H,21,23)/t14-/m1/s1. The first-order chi connectivity index (χ1) is 13.1. The van der Waals surface area contributed by atoms with Crippen LogP contribution in [0.1, 0.15) is 34.0 Å². The second-order valence-corrected chi connectivity index (χ2v) is 7.30. The monoisotopic (exact) mass is 402 g/mol. The molecule has 1 amide bonds. The summed E-state index contributed by atoms with van der Waals surface area (Å²) in [5.41, 5.74) is 3.43. The van der Waals surface area contributed by atoms with Crippen LogP contribution in [0.25, 0.3) is 0 Å². The number of carbonyl (C=O) groups is 2. The molecule has 0 radical (unpaired) electrons. The third-order valence-electron chi connectivity index (χ3n) is 4.19. The lowest BCUT2D eigenvalue weighted by Crippen LogP contribution is -2.30. The maximum Gasteiger partial charge on any atom is 0.339 e. The van der Waals surface area contributed by atoms with Crippen molar-refractivity contribution in [2.24, 2.45) is 0 Å². The summed E-state index contributed by atoms with van der Waals surface area (Å²) in [6.45, 7) is 7.20. The maximum atomic E-state index is 12.4. The van der Waals surface area contributed by atoms with Crippen molar-refractivity contribution in [2.45, 2.75) is 38.7 Å². The molecule has 0 spiro atoms. The molecular weight excluding hydrogens is 380 g/mol. The number of carbonyl (C=O) groups excluding carboxylic acids is 2. The summed E-state index contributed by atoms with van der Waals surface area (Å²) < 4.78 is 5.20. The number of nitro benzene ring substituents is 1. The minimum absolute atomic E-state index is 0.0202. The zero-order valence-corrected chi connectivity index (χ0v) is 17.2. The van der Waals surface area contributed by atoms with Gasteiger partial charge in [-0.05, 0) is 57.2 Å². The SMILES string of the molecule is CSc1ccc(C(=O)O[C@H](C)C(=O)Nc2c(C)cc(C)cc2C)cc1[N+](=O)[O-]. The molecule has 2 aromatic rings. The van der Waals surface area contributed by atoms with Gasteiger partial charge >= 0.3 is 5.97 Å². The second-order valence-electron chi connectivity index (χ2n) is 6.45. The molecule has 0 aliphatic carbocycles. The lowest BCUT2D eigenvalue weighted by atomic mass is 10.0. The van der Waals surface area contributed by atoms with Gasteiger partial charge in [-0.25, -0.2) is 4.79 Å². The lowest BCUT2D eigenvalue weighted by molar-refractivity contribution is -0.387. The van der Waals surface area contributed by atoms with Crippen LogP contribution in [0.2, 0.25) is 0 Å². The molecule has 8 heteroatoms. The molecule has 28 heavy (non-hydrogen) atoms. The van der Waals surface area contributed by atoms with E-state index in [4.69, 9.17) is 4.74 Å². The van der Waals surface area contributed by atoms with Gasteiger partial charge in [-0.2, -0.15) is 0 Å². The fourth-order valence-corrected chi connectivity index (χ4v) is 3.39. The molecule has 0 aliphatic heterocycles. The van der Waals surface area contributed by atoms with Crippen LogP contribution < -0.4 is 5.32 Å². The maximum absolute atomic E-state index is 12.4. The van der Waals surface area contributed by atoms with Crippen molar-refractivity contribution in [1.82, 2.24) is 0 Å². The predicted molar refractivity (Wildman–Crippen MR) is 109 cm³/mol. The first-order valence-electron chi connectivity index (χ1n) is 8.56. The number of esters is 1. The highest BCUT2D eigenvalue weighted by atomic mass is 32.2. The van der Waals surface area contributed by atoms with E-state index in [2.05, 4.69) is 5.32 Å². The summed E-state index contributed by atoms with van der Waals surface area (Å²) >= 11 is 1.21. The molecule has 0 fully saturated rings. The summed E-state index contributed by atoms with van der Waals surface area (Å²) in [6.07, 6.45) is 0.647. The van der Waals surface area contributed by atoms with Crippen molar-refractivity contribution in [3.8, 4) is 0 Å². The van der Waals surface area contributed by atoms with Crippen LogP contribution in [0.5, 0.6) is 0 Å². The van der Waals surface area contributed by atoms with Crippen LogP contribution in [-0.4, -0.2) is 29.2 Å². The first kappa shape index (κ1) is 21.4. The molecule has 7 nitrogen and oxygen atoms in total. The highest BCUT2D eigenvalue weighted by molar-refractivity contribution is 7.98. The average Bonchev–Trinajstić information content (AvgIpc) is 2.63. The lowest BCUT2D eigenvalue weighted by Gasteiger charge is -2.17. The number of hydrogen-bond donors (Lipinski definition) is 1. The minimum atomic E-state index is -1.06. The van der Waals surface area contributed by atoms with Crippen molar-refractivity contribution in [3.63, 3.8) is 0 Å². The summed E-state index contributed by atoms with van der Waals surface area (Å²) in [5, 5.41) is 13.9. The van der Waals surface area contributed by atoms with E-state index in [9.17, 15) is 19.7 Å². The van der Waals surface area contributed by atoms with Gasteiger partial charge < -0.3 is 10.1 Å². The van der Waals surface area contributed by atoms with Gasteiger partial charge in [-0.15, -0.1) is 11.8 Å². The van der Waals surface area contributed by atoms with Gasteiger partial charge in [-0.3, -0.25) is 14.9 Å². The Labute approximate surface area is 167 Å². The molecular formula is C20H22N2O5S. The fourth-order valence-electron chi connectivity index (χ4n) is 2.84. The third kappa shape index (κ3) is 4.89. The van der Waals surface area contributed by atoms with Crippen LogP contribution in [0.3, 0.4) is 0 Å². The summed E-state index contributed by atoms with van der Waals surface area (Å²) in [5.74, 6) is -1.27. The Kier molecular flexibility index (Phi) is 6.80. The van der Waals surface area contributed by atoms with E-state index >= 15 is 0 Å². The second kappa shape index (κ2) is 8.88. The van der Waals surface area contributed by atoms with Crippen molar-refractivity contribution in [3.05, 3.63) is 62.7 Å². The number of benzene rings is 2. The highest BCUT2D eigenvalue weighted by Gasteiger charge is 2.23. The Balaban J connectivity index is 2.13. The normalized spacial score (nSPS) is 11.6. The molecule has 2 aromatic carbocycles. The van der Waals surface area contributed by atoms with E-state index in [-0.39, 0.29) is 11.3 Å². The fraction of sp³-hybridized carbons (Fsp3) is 0.300. The van der Waals surface area contributed by atoms with Crippen LogP contribution in [0.15, 0.2) is 35.2 Å². The van der Waals surface area contributed by atoms with E-state index in [0.29, 0.717) is 10.6 Å². The van der Waals surface area contributed by atoms with Gasteiger partial charge in [0.05, 0.1) is 15.4 Å². The quantitative estimate of drug-likeness (QED) is 0.332. The number of nitrogens with one attached hydrogen (secondary N) is 1. The molecule has 0 saturated heterocycles. The number of amides is 1. The van der Waals surface area contributed by atoms with Crippen LogP contribution >= 0.6 is 11.8 Å². The molecule has 0 heterocycles. The van der Waals surface area contributed by atoms with Crippen molar-refractivity contribution >= 4 is 35.0 Å². The van der Waals surface area contributed by atoms with Crippen LogP contribution in [0, 0.1) is 30.9 Å². The zero-order valence-electron chi connectivity index (χ0n) is 16.4. The van der Waals surface area contributed by atoms with Crippen LogP contribution in [0.4, 0.5) is 11.4 Å². The molecule has 0 unspecified atom stereocenters. The number of nitro groups is 1. The minimum Gasteiger partial charge on any atom is -0.449 e. The summed E-state index contributed by atoms with van der Waals surface area (Å²) in [6, 6.07) is 7.99. The predicted octanol–water partition coefficient (Wildman–Crippen LogP) is 4.43. The van der Waals surface area contributed by atoms with Crippen molar-refractivity contribution in [2.75, 3.05) is 11.6 Å². The van der Waals surface area contributed by atoms with E-state index in [1.54, 1.807) is 6.26 Å². The van der Waals surface area contributed by atoms with E-state index in [1.165, 1.54) is 30.8 Å². The highest BCUT2D eigenvalue weighted by Crippen LogP contribution is 2.28. The number of ether oxygens (including phenoxy) is 1. The van der Waals surface area contributed by atoms with Gasteiger partial charge in [0.1, 0.15) is 0 Å². The van der Waals surface area contributed by atoms with Crippen LogP contribution in [-0.2, 0) is 9.53 Å². The van der Waals surface area contributed by atoms with Gasteiger partial charge in [0.15, 0.2) is 6.10 Å². The molecule has 0 aromatic heterocycles. The number of anilines is 1. The van der Waals surface area contributed by atoms with Gasteiger partial charge in [0.25, 0.3) is 11.6 Å². The molecule has 0 bridgehead atoms. The van der Waals surface area contributed by atoms with Crippen molar-refractivity contribution < 1.29 is 19.2 Å². The number of rotatable bonds is 6. The van der Waals surface area contributed by atoms with E-state index < -0.39 is 22.9 Å². The smallest absolute Gasteiger partial charge is 0.339 e. The van der Waals surface area contributed by atoms with Gasteiger partial charge in [-0.1, -0.05) is 17.7 Å². The average molecular weight is 402 g/mol. The molecule has 2 rings (SSSR count). The third-order valence-corrected chi connectivity index (χ3v) is 4.97. The topological polar surface area (TPSA) is 98.5 Å². The molecule has 1 N–H and O–H groups in total. The first-order valence-corrected chi connectivity index (χ1v) is 9.78. The molecule has 1 atom stereocenters. The Bertz CT molecular complexity index is 919. The molecule has 0 aliphatic rings. The molecule has 148 valence electrons. The number of thioether (sulfide) groups is 1. The Morgan fingerprint density at radius 2 is 1.75 bits per heavy atom.